The molecule has 1 aliphatic rings. The van der Waals surface area contributed by atoms with Crippen molar-refractivity contribution in [2.75, 3.05) is 20.8 Å². The first-order valence-corrected chi connectivity index (χ1v) is 13.1. The molecule has 206 valence electrons. The third kappa shape index (κ3) is 5.81. The highest BCUT2D eigenvalue weighted by molar-refractivity contribution is 7.07. The number of benzene rings is 2. The Labute approximate surface area is 234 Å². The first-order valence-electron chi connectivity index (χ1n) is 12.3. The minimum atomic E-state index is -0.866. The molecule has 1 unspecified atom stereocenters. The third-order valence-corrected chi connectivity index (χ3v) is 6.99. The molecule has 0 saturated carbocycles. The molecule has 0 bridgehead atoms. The Kier molecular flexibility index (Phi) is 8.80. The molecule has 0 N–H and O–H groups in total. The molecule has 1 aliphatic heterocycles. The van der Waals surface area contributed by atoms with Crippen molar-refractivity contribution in [2.24, 2.45) is 4.99 Å². The van der Waals surface area contributed by atoms with Gasteiger partial charge < -0.3 is 18.9 Å². The van der Waals surface area contributed by atoms with Crippen LogP contribution in [-0.4, -0.2) is 37.3 Å². The molecule has 4 rings (SSSR count). The fraction of sp³-hybridized carbons (Fsp3) is 0.200. The average molecular weight is 561 g/mol. The van der Waals surface area contributed by atoms with Gasteiger partial charge in [0.15, 0.2) is 16.3 Å². The number of thiazole rings is 1. The molecule has 1 aromatic heterocycles. The highest BCUT2D eigenvalue weighted by Crippen LogP contribution is 2.36. The second-order valence-electron chi connectivity index (χ2n) is 8.60. The van der Waals surface area contributed by atoms with E-state index < -0.39 is 18.0 Å². The molecule has 9 nitrogen and oxygen atoms in total. The van der Waals surface area contributed by atoms with Crippen LogP contribution in [0.1, 0.15) is 31.0 Å². The maximum Gasteiger partial charge on any atom is 0.338 e. The van der Waals surface area contributed by atoms with Gasteiger partial charge in [0, 0.05) is 12.5 Å². The molecule has 0 saturated heterocycles. The number of esters is 2. The van der Waals surface area contributed by atoms with Crippen molar-refractivity contribution in [2.45, 2.75) is 19.9 Å². The van der Waals surface area contributed by atoms with Gasteiger partial charge in [0.2, 0.25) is 0 Å². The highest BCUT2D eigenvalue weighted by Gasteiger charge is 2.34. The third-order valence-electron chi connectivity index (χ3n) is 5.99. The topological polar surface area (TPSA) is 105 Å². The Morgan fingerprint density at radius 2 is 1.85 bits per heavy atom. The molecule has 40 heavy (non-hydrogen) atoms. The molecule has 2 aromatic carbocycles. The Bertz CT molecular complexity index is 1710. The smallest absolute Gasteiger partial charge is 0.338 e. The highest BCUT2D eigenvalue weighted by atomic mass is 32.1. The first kappa shape index (κ1) is 28.3. The van der Waals surface area contributed by atoms with E-state index in [1.807, 2.05) is 30.3 Å². The van der Waals surface area contributed by atoms with Crippen molar-refractivity contribution in [3.05, 3.63) is 103 Å². The van der Waals surface area contributed by atoms with Crippen LogP contribution in [-0.2, 0) is 14.3 Å². The number of nitrogens with zero attached hydrogens (tertiary/aromatic N) is 2. The lowest BCUT2D eigenvalue weighted by Crippen LogP contribution is -2.39. The minimum Gasteiger partial charge on any atom is -0.496 e. The number of carbonyl (C=O) groups is 2. The van der Waals surface area contributed by atoms with Crippen LogP contribution in [0, 0.1) is 0 Å². The number of hydrogen-bond acceptors (Lipinski definition) is 9. The molecule has 0 fully saturated rings. The summed E-state index contributed by atoms with van der Waals surface area (Å²) in [7, 11) is 3.03. The summed E-state index contributed by atoms with van der Waals surface area (Å²) in [6.45, 7) is 6.57. The number of aromatic nitrogens is 1. The number of methoxy groups -OCH3 is 2. The second-order valence-corrected chi connectivity index (χ2v) is 9.61. The Balaban J connectivity index is 1.87. The molecule has 0 amide bonds. The fourth-order valence-electron chi connectivity index (χ4n) is 4.26. The summed E-state index contributed by atoms with van der Waals surface area (Å²) in [6, 6.07) is 11.5. The molecular weight excluding hydrogens is 532 g/mol. The average Bonchev–Trinajstić information content (AvgIpc) is 3.25. The maximum atomic E-state index is 13.8. The van der Waals surface area contributed by atoms with E-state index in [0.717, 1.165) is 5.56 Å². The van der Waals surface area contributed by atoms with Gasteiger partial charge in [0.05, 0.1) is 36.1 Å². The number of fused-ring (bicyclic) bond motifs is 1. The van der Waals surface area contributed by atoms with Crippen LogP contribution < -0.4 is 29.1 Å². The number of allylic oxidation sites excluding steroid dienone is 2. The van der Waals surface area contributed by atoms with Crippen molar-refractivity contribution >= 4 is 35.4 Å². The summed E-state index contributed by atoms with van der Waals surface area (Å²) in [6.07, 6.45) is 6.77. The van der Waals surface area contributed by atoms with Crippen molar-refractivity contribution in [3.63, 3.8) is 0 Å². The predicted molar refractivity (Wildman–Crippen MR) is 152 cm³/mol. The molecule has 0 spiro atoms. The Morgan fingerprint density at radius 1 is 1.10 bits per heavy atom. The minimum absolute atomic E-state index is 0.00475. The van der Waals surface area contributed by atoms with Crippen LogP contribution in [0.25, 0.3) is 12.2 Å². The van der Waals surface area contributed by atoms with E-state index in [9.17, 15) is 14.4 Å². The summed E-state index contributed by atoms with van der Waals surface area (Å²) >= 11 is 1.21. The summed E-state index contributed by atoms with van der Waals surface area (Å²) < 4.78 is 23.3. The number of hydrogen-bond donors (Lipinski definition) is 0. The van der Waals surface area contributed by atoms with E-state index in [0.29, 0.717) is 26.3 Å². The lowest BCUT2D eigenvalue weighted by atomic mass is 9.95. The zero-order valence-corrected chi connectivity index (χ0v) is 23.3. The van der Waals surface area contributed by atoms with Crippen LogP contribution in [0.5, 0.6) is 17.2 Å². The van der Waals surface area contributed by atoms with Gasteiger partial charge in [-0.3, -0.25) is 14.2 Å². The van der Waals surface area contributed by atoms with Gasteiger partial charge in [-0.1, -0.05) is 60.4 Å². The van der Waals surface area contributed by atoms with Crippen molar-refractivity contribution in [1.82, 2.24) is 4.57 Å². The van der Waals surface area contributed by atoms with E-state index in [2.05, 4.69) is 11.6 Å². The number of ether oxygens (including phenoxy) is 4. The predicted octanol–water partition coefficient (Wildman–Crippen LogP) is 3.57. The van der Waals surface area contributed by atoms with Gasteiger partial charge in [-0.2, -0.15) is 0 Å². The standard InChI is InChI=1S/C30H28N2O7S/c1-6-16-38-29(35)26-18(2)31-30-32(27(26)21-14-15-23(39-19(3)33)24(17-21)37-5)28(34)25(40-30)13-9-11-20-10-7-8-12-22(20)36-4/h6-15,17,27H,1,16H2,2-5H3/b11-9+,25-13-. The molecule has 1 atom stereocenters. The van der Waals surface area contributed by atoms with Gasteiger partial charge in [0.25, 0.3) is 5.56 Å². The summed E-state index contributed by atoms with van der Waals surface area (Å²) in [5, 5.41) is 0. The normalized spacial score (nSPS) is 14.9. The molecular formula is C30H28N2O7S. The van der Waals surface area contributed by atoms with Gasteiger partial charge in [-0.05, 0) is 36.8 Å². The quantitative estimate of drug-likeness (QED) is 0.224. The van der Waals surface area contributed by atoms with E-state index in [-0.39, 0.29) is 29.2 Å². The monoisotopic (exact) mass is 560 g/mol. The van der Waals surface area contributed by atoms with Gasteiger partial charge in [-0.25, -0.2) is 9.79 Å². The fourth-order valence-corrected chi connectivity index (χ4v) is 5.26. The summed E-state index contributed by atoms with van der Waals surface area (Å²) in [5.74, 6) is 0.0504. The Hall–Kier alpha value is -4.70. The molecule has 10 heteroatoms. The van der Waals surface area contributed by atoms with Crippen LogP contribution in [0.4, 0.5) is 0 Å². The maximum absolute atomic E-state index is 13.8. The zero-order chi connectivity index (χ0) is 28.8. The molecule has 0 aliphatic carbocycles. The van der Waals surface area contributed by atoms with E-state index in [1.54, 1.807) is 44.4 Å². The van der Waals surface area contributed by atoms with Crippen LogP contribution in [0.2, 0.25) is 0 Å². The molecule has 0 radical (unpaired) electrons. The van der Waals surface area contributed by atoms with Crippen LogP contribution in [0.3, 0.4) is 0 Å². The first-order chi connectivity index (χ1) is 19.3. The lowest BCUT2D eigenvalue weighted by molar-refractivity contribution is -0.138. The SMILES string of the molecule is C=CCOC(=O)C1=C(C)N=c2s/c(=C\C=C\c3ccccc3OC)c(=O)n2C1c1ccc(OC(C)=O)c(OC)c1. The Morgan fingerprint density at radius 3 is 2.55 bits per heavy atom. The van der Waals surface area contributed by atoms with Crippen LogP contribution >= 0.6 is 11.3 Å². The van der Waals surface area contributed by atoms with E-state index in [4.69, 9.17) is 18.9 Å². The molecule has 2 heterocycles. The van der Waals surface area contributed by atoms with Crippen molar-refractivity contribution < 1.29 is 28.5 Å². The van der Waals surface area contributed by atoms with Crippen molar-refractivity contribution in [3.8, 4) is 17.2 Å². The molecule has 3 aromatic rings. The number of carbonyl (C=O) groups excluding carboxylic acids is 2. The van der Waals surface area contributed by atoms with Crippen molar-refractivity contribution in [1.29, 1.82) is 0 Å². The van der Waals surface area contributed by atoms with E-state index >= 15 is 0 Å². The largest absolute Gasteiger partial charge is 0.496 e. The summed E-state index contributed by atoms with van der Waals surface area (Å²) in [4.78, 5) is 43.5. The second kappa shape index (κ2) is 12.4. The van der Waals surface area contributed by atoms with Crippen LogP contribution in [0.15, 0.2) is 82.3 Å². The number of para-hydroxylation sites is 1. The lowest BCUT2D eigenvalue weighted by Gasteiger charge is -2.25. The van der Waals surface area contributed by atoms with Gasteiger partial charge in [-0.15, -0.1) is 0 Å². The summed E-state index contributed by atoms with van der Waals surface area (Å²) in [5.41, 5.74) is 1.69. The van der Waals surface area contributed by atoms with E-state index in [1.165, 1.54) is 36.0 Å². The van der Waals surface area contributed by atoms with Gasteiger partial charge in [0.1, 0.15) is 12.4 Å². The van der Waals surface area contributed by atoms with Gasteiger partial charge >= 0.3 is 11.9 Å². The number of rotatable bonds is 9. The zero-order valence-electron chi connectivity index (χ0n) is 22.5.